The molecule has 0 fully saturated rings. The third kappa shape index (κ3) is 5.30. The lowest BCUT2D eigenvalue weighted by atomic mass is 10.1. The summed E-state index contributed by atoms with van der Waals surface area (Å²) in [5.74, 6) is 0.750. The summed E-state index contributed by atoms with van der Waals surface area (Å²) in [5.41, 5.74) is 3.00. The molecule has 0 N–H and O–H groups in total. The van der Waals surface area contributed by atoms with Gasteiger partial charge in [0, 0.05) is 18.5 Å². The van der Waals surface area contributed by atoms with Crippen molar-refractivity contribution < 1.29 is 9.53 Å². The van der Waals surface area contributed by atoms with Gasteiger partial charge in [-0.2, -0.15) is 0 Å². The van der Waals surface area contributed by atoms with Gasteiger partial charge in [-0.3, -0.25) is 4.79 Å². The van der Waals surface area contributed by atoms with E-state index in [-0.39, 0.29) is 11.9 Å². The highest BCUT2D eigenvalue weighted by molar-refractivity contribution is 7.09. The molecule has 1 amide bonds. The third-order valence-corrected chi connectivity index (χ3v) is 5.38. The van der Waals surface area contributed by atoms with Crippen LogP contribution in [0, 0.1) is 6.92 Å². The van der Waals surface area contributed by atoms with Gasteiger partial charge in [0.1, 0.15) is 12.4 Å². The molecule has 1 unspecified atom stereocenters. The van der Waals surface area contributed by atoms with E-state index < -0.39 is 0 Å². The van der Waals surface area contributed by atoms with Gasteiger partial charge in [-0.15, -0.1) is 11.3 Å². The van der Waals surface area contributed by atoms with Crippen molar-refractivity contribution in [3.63, 3.8) is 0 Å². The molecule has 0 bridgehead atoms. The standard InChI is InChI=1S/C23H24N2O2S/c1-17(20-7-5-4-6-8-20)25(3)23(26)14-11-19-9-12-22(13-10-19)27-15-21-16-28-18(2)24-21/h4-14,16-17H,15H2,1-3H3/b14-11+. The van der Waals surface area contributed by atoms with E-state index in [1.54, 1.807) is 22.3 Å². The van der Waals surface area contributed by atoms with Crippen LogP contribution in [0.15, 0.2) is 66.1 Å². The minimum absolute atomic E-state index is 0.0171. The second-order valence-electron chi connectivity index (χ2n) is 6.58. The van der Waals surface area contributed by atoms with Crippen molar-refractivity contribution in [1.82, 2.24) is 9.88 Å². The number of hydrogen-bond acceptors (Lipinski definition) is 4. The van der Waals surface area contributed by atoms with Gasteiger partial charge in [-0.25, -0.2) is 4.98 Å². The summed E-state index contributed by atoms with van der Waals surface area (Å²) in [7, 11) is 1.82. The molecule has 144 valence electrons. The Morgan fingerprint density at radius 1 is 1.18 bits per heavy atom. The number of rotatable bonds is 7. The molecule has 0 aliphatic carbocycles. The highest BCUT2D eigenvalue weighted by atomic mass is 32.1. The molecular formula is C23H24N2O2S. The van der Waals surface area contributed by atoms with Crippen LogP contribution in [0.3, 0.4) is 0 Å². The van der Waals surface area contributed by atoms with E-state index in [4.69, 9.17) is 4.74 Å². The second-order valence-corrected chi connectivity index (χ2v) is 7.65. The highest BCUT2D eigenvalue weighted by Crippen LogP contribution is 2.19. The first-order chi connectivity index (χ1) is 13.5. The number of benzene rings is 2. The topological polar surface area (TPSA) is 42.4 Å². The molecule has 5 heteroatoms. The van der Waals surface area contributed by atoms with Crippen molar-refractivity contribution in [3.05, 3.63) is 87.9 Å². The molecule has 1 heterocycles. The van der Waals surface area contributed by atoms with E-state index in [1.165, 1.54) is 0 Å². The van der Waals surface area contributed by atoms with Gasteiger partial charge in [0.25, 0.3) is 0 Å². The fourth-order valence-corrected chi connectivity index (χ4v) is 3.34. The maximum atomic E-state index is 12.5. The van der Waals surface area contributed by atoms with E-state index in [2.05, 4.69) is 4.98 Å². The fraction of sp³-hybridized carbons (Fsp3) is 0.217. The smallest absolute Gasteiger partial charge is 0.246 e. The number of nitrogens with zero attached hydrogens (tertiary/aromatic N) is 2. The summed E-state index contributed by atoms with van der Waals surface area (Å²) in [4.78, 5) is 18.6. The predicted molar refractivity (Wildman–Crippen MR) is 114 cm³/mol. The molecule has 0 radical (unpaired) electrons. The zero-order valence-electron chi connectivity index (χ0n) is 16.3. The monoisotopic (exact) mass is 392 g/mol. The third-order valence-electron chi connectivity index (χ3n) is 4.56. The maximum Gasteiger partial charge on any atom is 0.246 e. The fourth-order valence-electron chi connectivity index (χ4n) is 2.74. The Morgan fingerprint density at radius 2 is 1.89 bits per heavy atom. The number of hydrogen-bond donors (Lipinski definition) is 0. The molecule has 0 saturated heterocycles. The summed E-state index contributed by atoms with van der Waals surface area (Å²) in [6, 6.07) is 17.7. The molecule has 0 spiro atoms. The number of likely N-dealkylation sites (N-methyl/N-ethyl adjacent to an activating group) is 1. The molecule has 28 heavy (non-hydrogen) atoms. The lowest BCUT2D eigenvalue weighted by Crippen LogP contribution is -2.27. The van der Waals surface area contributed by atoms with Crippen molar-refractivity contribution in [2.45, 2.75) is 26.5 Å². The van der Waals surface area contributed by atoms with Crippen LogP contribution in [0.4, 0.5) is 0 Å². The lowest BCUT2D eigenvalue weighted by molar-refractivity contribution is -0.126. The minimum atomic E-state index is -0.0319. The SMILES string of the molecule is Cc1nc(COc2ccc(/C=C/C(=O)N(C)C(C)c3ccccc3)cc2)cs1. The van der Waals surface area contributed by atoms with Crippen molar-refractivity contribution >= 4 is 23.3 Å². The summed E-state index contributed by atoms with van der Waals surface area (Å²) >= 11 is 1.62. The van der Waals surface area contributed by atoms with E-state index in [0.717, 1.165) is 27.6 Å². The zero-order chi connectivity index (χ0) is 19.9. The Kier molecular flexibility index (Phi) is 6.61. The van der Waals surface area contributed by atoms with Crippen LogP contribution in [0.5, 0.6) is 5.75 Å². The first kappa shape index (κ1) is 19.8. The number of amides is 1. The van der Waals surface area contributed by atoms with Crippen LogP contribution >= 0.6 is 11.3 Å². The Bertz CT molecular complexity index is 933. The second kappa shape index (κ2) is 9.33. The average Bonchev–Trinajstić information content (AvgIpc) is 3.16. The molecule has 3 rings (SSSR count). The number of thiazole rings is 1. The number of aryl methyl sites for hydroxylation is 1. The molecule has 0 aliphatic rings. The molecule has 3 aromatic rings. The van der Waals surface area contributed by atoms with Crippen molar-refractivity contribution in [2.24, 2.45) is 0 Å². The van der Waals surface area contributed by atoms with Gasteiger partial charge >= 0.3 is 0 Å². The summed E-state index contributed by atoms with van der Waals surface area (Å²) < 4.78 is 5.75. The molecule has 1 atom stereocenters. The van der Waals surface area contributed by atoms with Gasteiger partial charge in [-0.1, -0.05) is 42.5 Å². The summed E-state index contributed by atoms with van der Waals surface area (Å²) in [6.07, 6.45) is 3.43. The van der Waals surface area contributed by atoms with Crippen LogP contribution in [0.1, 0.15) is 34.8 Å². The van der Waals surface area contributed by atoms with Crippen LogP contribution in [-0.2, 0) is 11.4 Å². The molecule has 1 aromatic heterocycles. The van der Waals surface area contributed by atoms with Crippen molar-refractivity contribution in [3.8, 4) is 5.75 Å². The highest BCUT2D eigenvalue weighted by Gasteiger charge is 2.14. The molecule has 2 aromatic carbocycles. The van der Waals surface area contributed by atoms with E-state index >= 15 is 0 Å². The quantitative estimate of drug-likeness (QED) is 0.515. The molecule has 0 aliphatic heterocycles. The summed E-state index contributed by atoms with van der Waals surface area (Å²) in [6.45, 7) is 4.46. The first-order valence-corrected chi connectivity index (χ1v) is 10.0. The van der Waals surface area contributed by atoms with Gasteiger partial charge in [0.2, 0.25) is 5.91 Å². The van der Waals surface area contributed by atoms with Crippen LogP contribution in [-0.4, -0.2) is 22.8 Å². The Labute approximate surface area is 170 Å². The zero-order valence-corrected chi connectivity index (χ0v) is 17.1. The van der Waals surface area contributed by atoms with Crippen molar-refractivity contribution in [2.75, 3.05) is 7.05 Å². The van der Waals surface area contributed by atoms with Gasteiger partial charge in [0.15, 0.2) is 0 Å². The van der Waals surface area contributed by atoms with Crippen LogP contribution in [0.2, 0.25) is 0 Å². The van der Waals surface area contributed by atoms with E-state index in [9.17, 15) is 4.79 Å². The van der Waals surface area contributed by atoms with Crippen LogP contribution < -0.4 is 4.74 Å². The number of carbonyl (C=O) groups excluding carboxylic acids is 1. The summed E-state index contributed by atoms with van der Waals surface area (Å²) in [5, 5.41) is 3.04. The van der Waals surface area contributed by atoms with E-state index in [1.807, 2.05) is 86.9 Å². The Hall–Kier alpha value is -2.92. The molecule has 0 saturated carbocycles. The van der Waals surface area contributed by atoms with Crippen LogP contribution in [0.25, 0.3) is 6.08 Å². The number of ether oxygens (including phenoxy) is 1. The first-order valence-electron chi connectivity index (χ1n) is 9.16. The normalized spacial score (nSPS) is 12.1. The van der Waals surface area contributed by atoms with Gasteiger partial charge < -0.3 is 9.64 Å². The average molecular weight is 393 g/mol. The van der Waals surface area contributed by atoms with E-state index in [0.29, 0.717) is 6.61 Å². The lowest BCUT2D eigenvalue weighted by Gasteiger charge is -2.24. The van der Waals surface area contributed by atoms with Crippen molar-refractivity contribution in [1.29, 1.82) is 0 Å². The minimum Gasteiger partial charge on any atom is -0.487 e. The largest absolute Gasteiger partial charge is 0.487 e. The van der Waals surface area contributed by atoms with Gasteiger partial charge in [-0.05, 0) is 43.2 Å². The van der Waals surface area contributed by atoms with Gasteiger partial charge in [0.05, 0.1) is 16.7 Å². The molecule has 4 nitrogen and oxygen atoms in total. The number of aromatic nitrogens is 1. The molecular weight excluding hydrogens is 368 g/mol. The number of carbonyl (C=O) groups is 1. The Morgan fingerprint density at radius 3 is 2.54 bits per heavy atom. The Balaban J connectivity index is 1.55. The predicted octanol–water partition coefficient (Wildman–Crippen LogP) is 5.26. The maximum absolute atomic E-state index is 12.5.